The molecule has 5 N–H and O–H groups in total. The Labute approximate surface area is 236 Å². The average molecular weight is 551 g/mol. The standard InChI is InChI=1S/C26H30N4O3S.C3H6.C2H6/c27-24-6-3-20(26(32)29-16-18-9-14-34-17-18)15-23(24)25(28)19-1-4-21(5-2-19)33-22-7-10-30(11-8-22)12-13-31;1-2-3-1;1-2/h1-6,9,14-15,17,22,28,31H,7-8,10-13,16,27H2,(H,29,32);1-3H2;1-2H3. The van der Waals surface area contributed by atoms with Crippen LogP contribution in [0.25, 0.3) is 0 Å². The first-order valence-corrected chi connectivity index (χ1v) is 14.9. The summed E-state index contributed by atoms with van der Waals surface area (Å²) < 4.78 is 6.12. The summed E-state index contributed by atoms with van der Waals surface area (Å²) in [6.45, 7) is 7.20. The van der Waals surface area contributed by atoms with Gasteiger partial charge in [-0.3, -0.25) is 10.2 Å². The van der Waals surface area contributed by atoms with E-state index in [1.165, 1.54) is 19.3 Å². The molecule has 0 atom stereocenters. The van der Waals surface area contributed by atoms with Crippen molar-refractivity contribution in [1.29, 1.82) is 5.41 Å². The molecule has 2 aromatic carbocycles. The van der Waals surface area contributed by atoms with Crippen molar-refractivity contribution in [2.24, 2.45) is 0 Å². The molecule has 39 heavy (non-hydrogen) atoms. The molecule has 0 unspecified atom stereocenters. The van der Waals surface area contributed by atoms with E-state index in [2.05, 4.69) is 10.2 Å². The van der Waals surface area contributed by atoms with Gasteiger partial charge < -0.3 is 25.8 Å². The summed E-state index contributed by atoms with van der Waals surface area (Å²) in [5.74, 6) is 0.570. The molecule has 0 radical (unpaired) electrons. The highest BCUT2D eigenvalue weighted by atomic mass is 32.1. The summed E-state index contributed by atoms with van der Waals surface area (Å²) in [5.41, 5.74) is 9.61. The highest BCUT2D eigenvalue weighted by Gasteiger charge is 2.20. The lowest BCUT2D eigenvalue weighted by Gasteiger charge is -2.31. The van der Waals surface area contributed by atoms with Crippen molar-refractivity contribution in [2.45, 2.75) is 58.6 Å². The maximum atomic E-state index is 12.6. The van der Waals surface area contributed by atoms with Gasteiger partial charge in [0.05, 0.1) is 12.3 Å². The van der Waals surface area contributed by atoms with Crippen LogP contribution in [-0.4, -0.2) is 54.0 Å². The molecular weight excluding hydrogens is 508 g/mol. The SMILES string of the molecule is C1CC1.CC.N=C(c1ccc(OC2CCN(CCO)CC2)cc1)c1cc(C(=O)NCc2ccsc2)ccc1N. The predicted octanol–water partition coefficient (Wildman–Crippen LogP) is 5.71. The van der Waals surface area contributed by atoms with E-state index in [0.717, 1.165) is 37.2 Å². The maximum absolute atomic E-state index is 12.6. The summed E-state index contributed by atoms with van der Waals surface area (Å²) in [4.78, 5) is 14.8. The Balaban J connectivity index is 0.000000770. The number of piperidine rings is 1. The quantitative estimate of drug-likeness (QED) is 0.201. The largest absolute Gasteiger partial charge is 0.490 e. The topological polar surface area (TPSA) is 112 Å². The number of hydrogen-bond donors (Lipinski definition) is 4. The number of nitrogens with zero attached hydrogens (tertiary/aromatic N) is 1. The maximum Gasteiger partial charge on any atom is 0.251 e. The number of nitrogens with one attached hydrogen (secondary N) is 2. The molecule has 1 saturated heterocycles. The molecule has 1 aliphatic carbocycles. The van der Waals surface area contributed by atoms with Crippen molar-refractivity contribution in [2.75, 3.05) is 32.0 Å². The Bertz CT molecular complexity index is 1150. The van der Waals surface area contributed by atoms with E-state index < -0.39 is 0 Å². The second kappa shape index (κ2) is 16.0. The van der Waals surface area contributed by atoms with E-state index in [-0.39, 0.29) is 24.3 Å². The Morgan fingerprint density at radius 3 is 2.33 bits per heavy atom. The molecule has 1 aromatic heterocycles. The van der Waals surface area contributed by atoms with Gasteiger partial charge in [-0.1, -0.05) is 33.1 Å². The van der Waals surface area contributed by atoms with E-state index in [0.29, 0.717) is 35.5 Å². The van der Waals surface area contributed by atoms with Gasteiger partial charge in [-0.2, -0.15) is 11.3 Å². The monoisotopic (exact) mass is 550 g/mol. The molecule has 7 nitrogen and oxygen atoms in total. The van der Waals surface area contributed by atoms with E-state index in [4.69, 9.17) is 21.0 Å². The summed E-state index contributed by atoms with van der Waals surface area (Å²) in [6.07, 6.45) is 6.50. The van der Waals surface area contributed by atoms with Crippen LogP contribution < -0.4 is 15.8 Å². The molecule has 0 spiro atoms. The summed E-state index contributed by atoms with van der Waals surface area (Å²) >= 11 is 1.59. The summed E-state index contributed by atoms with van der Waals surface area (Å²) in [5, 5.41) is 24.6. The number of thiophene rings is 1. The van der Waals surface area contributed by atoms with Gasteiger partial charge in [-0.25, -0.2) is 0 Å². The number of β-amino-alcohol motifs (C(OH)–C–C–N with tert-alkyl or cyclic N) is 1. The Morgan fingerprint density at radius 1 is 1.08 bits per heavy atom. The third-order valence-corrected chi connectivity index (χ3v) is 7.10. The number of likely N-dealkylation sites (tertiary alicyclic amines) is 1. The van der Waals surface area contributed by atoms with Gasteiger partial charge in [0.25, 0.3) is 5.91 Å². The molecule has 210 valence electrons. The van der Waals surface area contributed by atoms with Crippen LogP contribution in [0.15, 0.2) is 59.3 Å². The molecule has 2 aliphatic rings. The highest BCUT2D eigenvalue weighted by Crippen LogP contribution is 2.23. The number of amides is 1. The fourth-order valence-corrected chi connectivity index (χ4v) is 4.70. The van der Waals surface area contributed by atoms with Gasteiger partial charge in [-0.05, 0) is 77.7 Å². The fourth-order valence-electron chi connectivity index (χ4n) is 4.03. The van der Waals surface area contributed by atoms with Crippen LogP contribution in [0.5, 0.6) is 5.75 Å². The number of carbonyl (C=O) groups excluding carboxylic acids is 1. The second-order valence-corrected chi connectivity index (χ2v) is 10.2. The minimum atomic E-state index is -0.200. The number of nitrogen functional groups attached to an aromatic ring is 1. The summed E-state index contributed by atoms with van der Waals surface area (Å²) in [6, 6.07) is 14.4. The van der Waals surface area contributed by atoms with Crippen LogP contribution >= 0.6 is 11.3 Å². The Hall–Kier alpha value is -3.20. The highest BCUT2D eigenvalue weighted by molar-refractivity contribution is 7.07. The zero-order chi connectivity index (χ0) is 28.0. The minimum Gasteiger partial charge on any atom is -0.490 e. The lowest BCUT2D eigenvalue weighted by Crippen LogP contribution is -2.39. The first-order valence-electron chi connectivity index (χ1n) is 13.9. The van der Waals surface area contributed by atoms with E-state index in [9.17, 15) is 4.79 Å². The van der Waals surface area contributed by atoms with Gasteiger partial charge in [-0.15, -0.1) is 0 Å². The van der Waals surface area contributed by atoms with Crippen LogP contribution in [-0.2, 0) is 6.54 Å². The number of anilines is 1. The molecular formula is C31H42N4O3S. The summed E-state index contributed by atoms with van der Waals surface area (Å²) in [7, 11) is 0. The number of hydrogen-bond acceptors (Lipinski definition) is 7. The van der Waals surface area contributed by atoms with Crippen LogP contribution in [0, 0.1) is 5.41 Å². The molecule has 1 amide bonds. The average Bonchev–Trinajstić information content (AvgIpc) is 3.77. The first kappa shape index (κ1) is 30.3. The van der Waals surface area contributed by atoms with E-state index >= 15 is 0 Å². The number of benzene rings is 2. The number of aliphatic hydroxyl groups excluding tert-OH is 1. The number of carbonyl (C=O) groups is 1. The molecule has 0 bridgehead atoms. The fraction of sp³-hybridized carbons (Fsp3) is 0.419. The van der Waals surface area contributed by atoms with Gasteiger partial charge in [0.2, 0.25) is 0 Å². The lowest BCUT2D eigenvalue weighted by molar-refractivity contribution is 0.0889. The van der Waals surface area contributed by atoms with Gasteiger partial charge in [0.15, 0.2) is 0 Å². The minimum absolute atomic E-state index is 0.153. The third-order valence-electron chi connectivity index (χ3n) is 6.37. The molecule has 1 aliphatic heterocycles. The molecule has 2 fully saturated rings. The van der Waals surface area contributed by atoms with Crippen molar-refractivity contribution >= 4 is 28.6 Å². The van der Waals surface area contributed by atoms with Crippen LogP contribution in [0.3, 0.4) is 0 Å². The van der Waals surface area contributed by atoms with Crippen molar-refractivity contribution < 1.29 is 14.6 Å². The van der Waals surface area contributed by atoms with Crippen LogP contribution in [0.1, 0.15) is 73.0 Å². The molecule has 3 aromatic rings. The van der Waals surface area contributed by atoms with Gasteiger partial charge in [0.1, 0.15) is 11.9 Å². The number of aliphatic hydroxyl groups is 1. The predicted molar refractivity (Wildman–Crippen MR) is 161 cm³/mol. The Morgan fingerprint density at radius 2 is 1.74 bits per heavy atom. The zero-order valence-corrected chi connectivity index (χ0v) is 23.9. The number of rotatable bonds is 9. The van der Waals surface area contributed by atoms with Gasteiger partial charge >= 0.3 is 0 Å². The first-order chi connectivity index (χ1) is 19.0. The second-order valence-electron chi connectivity index (χ2n) is 9.46. The van der Waals surface area contributed by atoms with E-state index in [1.807, 2.05) is 54.9 Å². The molecule has 8 heteroatoms. The van der Waals surface area contributed by atoms with Crippen molar-refractivity contribution in [3.05, 3.63) is 81.5 Å². The number of ether oxygens (including phenoxy) is 1. The third kappa shape index (κ3) is 9.80. The molecule has 2 heterocycles. The van der Waals surface area contributed by atoms with Gasteiger partial charge in [0, 0.05) is 48.6 Å². The molecule has 5 rings (SSSR count). The van der Waals surface area contributed by atoms with Crippen molar-refractivity contribution in [3.63, 3.8) is 0 Å². The zero-order valence-electron chi connectivity index (χ0n) is 23.1. The normalized spacial score (nSPS) is 14.7. The van der Waals surface area contributed by atoms with Crippen molar-refractivity contribution in [3.8, 4) is 5.75 Å². The van der Waals surface area contributed by atoms with Crippen LogP contribution in [0.4, 0.5) is 5.69 Å². The number of nitrogens with two attached hydrogens (primary N) is 1. The van der Waals surface area contributed by atoms with E-state index in [1.54, 1.807) is 29.5 Å². The molecule has 1 saturated carbocycles. The van der Waals surface area contributed by atoms with Crippen LogP contribution in [0.2, 0.25) is 0 Å². The van der Waals surface area contributed by atoms with Crippen molar-refractivity contribution in [1.82, 2.24) is 10.2 Å². The Kier molecular flexibility index (Phi) is 12.5. The lowest BCUT2D eigenvalue weighted by atomic mass is 9.98. The smallest absolute Gasteiger partial charge is 0.251 e.